The first-order valence-electron chi connectivity index (χ1n) is 5.99. The molecule has 0 aliphatic carbocycles. The molecule has 20 heavy (non-hydrogen) atoms. The van der Waals surface area contributed by atoms with Gasteiger partial charge in [0.05, 0.1) is 11.7 Å². The van der Waals surface area contributed by atoms with Crippen molar-refractivity contribution in [2.75, 3.05) is 32.1 Å². The molecule has 2 heterocycles. The Kier molecular flexibility index (Phi) is 4.12. The van der Waals surface area contributed by atoms with Crippen LogP contribution >= 0.6 is 0 Å². The highest BCUT2D eigenvalue weighted by atomic mass is 19.4. The van der Waals surface area contributed by atoms with Crippen LogP contribution in [0.5, 0.6) is 0 Å². The van der Waals surface area contributed by atoms with Gasteiger partial charge in [0.2, 0.25) is 5.91 Å². The zero-order chi connectivity index (χ0) is 14.8. The molecule has 1 saturated heterocycles. The Bertz CT molecular complexity index is 476. The number of rotatable bonds is 3. The Morgan fingerprint density at radius 2 is 2.25 bits per heavy atom. The molecular weight excluding hydrogens is 275 g/mol. The number of morpholine rings is 1. The molecule has 1 aliphatic rings. The number of likely N-dealkylation sites (N-methyl/N-ethyl adjacent to an activating group) is 1. The lowest BCUT2D eigenvalue weighted by Crippen LogP contribution is -2.46. The summed E-state index contributed by atoms with van der Waals surface area (Å²) in [7, 11) is 1.67. The van der Waals surface area contributed by atoms with Crippen LogP contribution < -0.4 is 5.32 Å². The van der Waals surface area contributed by atoms with Crippen molar-refractivity contribution in [2.45, 2.75) is 12.3 Å². The van der Waals surface area contributed by atoms with Crippen molar-refractivity contribution in [1.82, 2.24) is 9.88 Å². The van der Waals surface area contributed by atoms with Gasteiger partial charge in [-0.05, 0) is 12.1 Å². The maximum atomic E-state index is 12.4. The standard InChI is InChI=1S/C12H14F3N3O2/c1-18-6-9(20-7-11(18)19)5-17-10-3-2-8(4-16-10)12(13,14)15/h2-4,9H,5-7H2,1H3,(H,16,17). The fourth-order valence-corrected chi connectivity index (χ4v) is 1.77. The minimum absolute atomic E-state index is 0.0171. The molecular formula is C12H14F3N3O2. The topological polar surface area (TPSA) is 54.5 Å². The summed E-state index contributed by atoms with van der Waals surface area (Å²) < 4.78 is 42.4. The summed E-state index contributed by atoms with van der Waals surface area (Å²) >= 11 is 0. The monoisotopic (exact) mass is 289 g/mol. The number of alkyl halides is 3. The summed E-state index contributed by atoms with van der Waals surface area (Å²) in [5.41, 5.74) is -0.790. The summed E-state index contributed by atoms with van der Waals surface area (Å²) in [6.07, 6.45) is -3.82. The highest BCUT2D eigenvalue weighted by Gasteiger charge is 2.30. The number of anilines is 1. The zero-order valence-corrected chi connectivity index (χ0v) is 10.8. The van der Waals surface area contributed by atoms with E-state index in [0.29, 0.717) is 18.9 Å². The second-order valence-corrected chi connectivity index (χ2v) is 4.52. The van der Waals surface area contributed by atoms with E-state index in [1.807, 2.05) is 0 Å². The van der Waals surface area contributed by atoms with Gasteiger partial charge in [0.15, 0.2) is 0 Å². The molecule has 0 spiro atoms. The van der Waals surface area contributed by atoms with E-state index in [1.54, 1.807) is 11.9 Å². The SMILES string of the molecule is CN1CC(CNc2ccc(C(F)(F)F)cn2)OCC1=O. The number of ether oxygens (including phenoxy) is 1. The van der Waals surface area contributed by atoms with Gasteiger partial charge in [0.1, 0.15) is 12.4 Å². The predicted octanol–water partition coefficient (Wildman–Crippen LogP) is 1.37. The van der Waals surface area contributed by atoms with Crippen molar-refractivity contribution in [3.63, 3.8) is 0 Å². The van der Waals surface area contributed by atoms with Crippen LogP contribution in [0, 0.1) is 0 Å². The largest absolute Gasteiger partial charge is 0.417 e. The van der Waals surface area contributed by atoms with Crippen LogP contribution in [0.25, 0.3) is 0 Å². The van der Waals surface area contributed by atoms with E-state index < -0.39 is 11.7 Å². The molecule has 5 nitrogen and oxygen atoms in total. The van der Waals surface area contributed by atoms with Crippen LogP contribution in [0.15, 0.2) is 18.3 Å². The first-order valence-corrected chi connectivity index (χ1v) is 5.99. The van der Waals surface area contributed by atoms with E-state index in [0.717, 1.165) is 12.3 Å². The van der Waals surface area contributed by atoms with Crippen molar-refractivity contribution in [3.8, 4) is 0 Å². The zero-order valence-electron chi connectivity index (χ0n) is 10.8. The maximum Gasteiger partial charge on any atom is 0.417 e. The summed E-state index contributed by atoms with van der Waals surface area (Å²) in [4.78, 5) is 16.5. The number of aromatic nitrogens is 1. The molecule has 0 aromatic carbocycles. The molecule has 0 saturated carbocycles. The second kappa shape index (κ2) is 5.66. The van der Waals surface area contributed by atoms with E-state index in [9.17, 15) is 18.0 Å². The molecule has 1 fully saturated rings. The summed E-state index contributed by atoms with van der Waals surface area (Å²) in [5.74, 6) is 0.245. The summed E-state index contributed by atoms with van der Waals surface area (Å²) in [6.45, 7) is 0.825. The number of nitrogens with zero attached hydrogens (tertiary/aromatic N) is 2. The van der Waals surface area contributed by atoms with Crippen LogP contribution in [0.1, 0.15) is 5.56 Å². The van der Waals surface area contributed by atoms with E-state index in [2.05, 4.69) is 10.3 Å². The molecule has 2 rings (SSSR count). The smallest absolute Gasteiger partial charge is 0.367 e. The number of nitrogens with one attached hydrogen (secondary N) is 1. The molecule has 0 bridgehead atoms. The molecule has 1 aliphatic heterocycles. The lowest BCUT2D eigenvalue weighted by molar-refractivity contribution is -0.145. The van der Waals surface area contributed by atoms with Gasteiger partial charge in [-0.2, -0.15) is 13.2 Å². The molecule has 1 aromatic rings. The van der Waals surface area contributed by atoms with E-state index >= 15 is 0 Å². The average molecular weight is 289 g/mol. The first kappa shape index (κ1) is 14.6. The molecule has 110 valence electrons. The van der Waals surface area contributed by atoms with Gasteiger partial charge in [-0.3, -0.25) is 4.79 Å². The van der Waals surface area contributed by atoms with Gasteiger partial charge in [-0.1, -0.05) is 0 Å². The van der Waals surface area contributed by atoms with Gasteiger partial charge in [-0.15, -0.1) is 0 Å². The fourth-order valence-electron chi connectivity index (χ4n) is 1.77. The Morgan fingerprint density at radius 3 is 2.80 bits per heavy atom. The summed E-state index contributed by atoms with van der Waals surface area (Å²) in [6, 6.07) is 2.23. The van der Waals surface area contributed by atoms with Gasteiger partial charge < -0.3 is 15.0 Å². The molecule has 1 amide bonds. The van der Waals surface area contributed by atoms with Crippen LogP contribution in [-0.2, 0) is 15.7 Å². The number of carbonyl (C=O) groups excluding carboxylic acids is 1. The Balaban J connectivity index is 1.87. The van der Waals surface area contributed by atoms with E-state index in [1.165, 1.54) is 6.07 Å². The van der Waals surface area contributed by atoms with Gasteiger partial charge in [-0.25, -0.2) is 4.98 Å². The third-order valence-corrected chi connectivity index (χ3v) is 2.95. The lowest BCUT2D eigenvalue weighted by Gasteiger charge is -2.30. The molecule has 1 unspecified atom stereocenters. The van der Waals surface area contributed by atoms with Crippen molar-refractivity contribution in [2.24, 2.45) is 0 Å². The molecule has 1 atom stereocenters. The number of pyridine rings is 1. The maximum absolute atomic E-state index is 12.4. The van der Waals surface area contributed by atoms with Crippen molar-refractivity contribution < 1.29 is 22.7 Å². The third-order valence-electron chi connectivity index (χ3n) is 2.95. The Hall–Kier alpha value is -1.83. The Morgan fingerprint density at radius 1 is 1.50 bits per heavy atom. The third kappa shape index (κ3) is 3.60. The first-order chi connectivity index (χ1) is 9.36. The highest BCUT2D eigenvalue weighted by molar-refractivity contribution is 5.77. The highest BCUT2D eigenvalue weighted by Crippen LogP contribution is 2.28. The number of hydrogen-bond donors (Lipinski definition) is 1. The van der Waals surface area contributed by atoms with Gasteiger partial charge in [0.25, 0.3) is 0 Å². The number of amides is 1. The molecule has 1 N–H and O–H groups in total. The minimum atomic E-state index is -4.39. The number of hydrogen-bond acceptors (Lipinski definition) is 4. The molecule has 0 radical (unpaired) electrons. The van der Waals surface area contributed by atoms with Crippen LogP contribution in [0.4, 0.5) is 19.0 Å². The number of halogens is 3. The molecule has 1 aromatic heterocycles. The second-order valence-electron chi connectivity index (χ2n) is 4.52. The van der Waals surface area contributed by atoms with E-state index in [-0.39, 0.29) is 18.6 Å². The lowest BCUT2D eigenvalue weighted by atomic mass is 10.2. The predicted molar refractivity (Wildman–Crippen MR) is 65.1 cm³/mol. The van der Waals surface area contributed by atoms with Gasteiger partial charge >= 0.3 is 6.18 Å². The average Bonchev–Trinajstić information content (AvgIpc) is 2.40. The fraction of sp³-hybridized carbons (Fsp3) is 0.500. The molecule has 8 heteroatoms. The van der Waals surface area contributed by atoms with Crippen molar-refractivity contribution >= 4 is 11.7 Å². The van der Waals surface area contributed by atoms with Crippen molar-refractivity contribution in [3.05, 3.63) is 23.9 Å². The quantitative estimate of drug-likeness (QED) is 0.913. The van der Waals surface area contributed by atoms with Gasteiger partial charge in [0, 0.05) is 26.3 Å². The van der Waals surface area contributed by atoms with Crippen LogP contribution in [0.2, 0.25) is 0 Å². The van der Waals surface area contributed by atoms with Crippen molar-refractivity contribution in [1.29, 1.82) is 0 Å². The van der Waals surface area contributed by atoms with E-state index in [4.69, 9.17) is 4.74 Å². The van der Waals surface area contributed by atoms with Crippen LogP contribution in [-0.4, -0.2) is 48.6 Å². The van der Waals surface area contributed by atoms with Crippen LogP contribution in [0.3, 0.4) is 0 Å². The minimum Gasteiger partial charge on any atom is -0.367 e. The Labute approximate surface area is 113 Å². The normalized spacial score (nSPS) is 20.1. The summed E-state index contributed by atoms with van der Waals surface area (Å²) in [5, 5.41) is 2.89. The number of carbonyl (C=O) groups is 1.